The number of carboxylic acid groups (broad SMARTS) is 1. The summed E-state index contributed by atoms with van der Waals surface area (Å²) in [4.78, 5) is 23.6. The highest BCUT2D eigenvalue weighted by atomic mass is 35.5. The number of carboxylic acids is 1. The zero-order chi connectivity index (χ0) is 17.0. The van der Waals surface area contributed by atoms with Gasteiger partial charge in [-0.1, -0.05) is 18.0 Å². The van der Waals surface area contributed by atoms with Gasteiger partial charge in [0.05, 0.1) is 30.8 Å². The minimum Gasteiger partial charge on any atom is -0.495 e. The van der Waals surface area contributed by atoms with Crippen molar-refractivity contribution in [1.29, 1.82) is 0 Å². The van der Waals surface area contributed by atoms with E-state index in [1.165, 1.54) is 14.2 Å². The van der Waals surface area contributed by atoms with E-state index in [0.717, 1.165) is 6.42 Å². The molecular formula is C16H20ClNO5. The zero-order valence-electron chi connectivity index (χ0n) is 13.1. The van der Waals surface area contributed by atoms with Crippen LogP contribution in [0.2, 0.25) is 5.02 Å². The van der Waals surface area contributed by atoms with E-state index in [9.17, 15) is 9.59 Å². The summed E-state index contributed by atoms with van der Waals surface area (Å²) in [5.41, 5.74) is 0.455. The van der Waals surface area contributed by atoms with E-state index in [-0.39, 0.29) is 11.8 Å². The van der Waals surface area contributed by atoms with Crippen molar-refractivity contribution in [2.24, 2.45) is 11.8 Å². The number of carbonyl (C=O) groups is 2. The molecule has 6 nitrogen and oxygen atoms in total. The number of hydrogen-bond acceptors (Lipinski definition) is 4. The van der Waals surface area contributed by atoms with Crippen LogP contribution in [-0.2, 0) is 9.59 Å². The highest BCUT2D eigenvalue weighted by molar-refractivity contribution is 6.32. The molecular weight excluding hydrogens is 322 g/mol. The highest BCUT2D eigenvalue weighted by Crippen LogP contribution is 2.37. The van der Waals surface area contributed by atoms with Crippen molar-refractivity contribution >= 4 is 29.2 Å². The first kappa shape index (κ1) is 17.4. The number of halogens is 1. The summed E-state index contributed by atoms with van der Waals surface area (Å²) >= 11 is 6.04. The van der Waals surface area contributed by atoms with Crippen molar-refractivity contribution in [3.8, 4) is 11.5 Å². The van der Waals surface area contributed by atoms with Gasteiger partial charge in [0, 0.05) is 18.1 Å². The normalized spacial score (nSPS) is 20.7. The Balaban J connectivity index is 2.14. The van der Waals surface area contributed by atoms with E-state index < -0.39 is 11.9 Å². The summed E-state index contributed by atoms with van der Waals surface area (Å²) in [5, 5.41) is 12.3. The predicted molar refractivity (Wildman–Crippen MR) is 86.3 cm³/mol. The van der Waals surface area contributed by atoms with Crippen LogP contribution in [0.3, 0.4) is 0 Å². The summed E-state index contributed by atoms with van der Waals surface area (Å²) in [5.74, 6) is -0.978. The maximum absolute atomic E-state index is 12.5. The van der Waals surface area contributed by atoms with E-state index in [4.69, 9.17) is 26.2 Å². The van der Waals surface area contributed by atoms with Gasteiger partial charge in [0.15, 0.2) is 0 Å². The van der Waals surface area contributed by atoms with Crippen LogP contribution in [-0.4, -0.2) is 31.2 Å². The molecule has 2 N–H and O–H groups in total. The molecule has 1 saturated carbocycles. The van der Waals surface area contributed by atoms with Crippen LogP contribution in [0.5, 0.6) is 11.5 Å². The number of rotatable bonds is 5. The quantitative estimate of drug-likeness (QED) is 0.859. The highest BCUT2D eigenvalue weighted by Gasteiger charge is 2.31. The molecule has 0 bridgehead atoms. The van der Waals surface area contributed by atoms with E-state index in [2.05, 4.69) is 5.32 Å². The molecule has 2 atom stereocenters. The summed E-state index contributed by atoms with van der Waals surface area (Å²) in [6, 6.07) is 3.16. The monoisotopic (exact) mass is 341 g/mol. The second-order valence-corrected chi connectivity index (χ2v) is 5.98. The third-order valence-corrected chi connectivity index (χ3v) is 4.42. The van der Waals surface area contributed by atoms with Crippen molar-refractivity contribution in [1.82, 2.24) is 0 Å². The van der Waals surface area contributed by atoms with Gasteiger partial charge >= 0.3 is 5.97 Å². The Kier molecular flexibility index (Phi) is 5.71. The van der Waals surface area contributed by atoms with Gasteiger partial charge in [-0.05, 0) is 19.3 Å². The fourth-order valence-corrected chi connectivity index (χ4v) is 3.08. The Labute approximate surface area is 139 Å². The van der Waals surface area contributed by atoms with Crippen molar-refractivity contribution in [2.45, 2.75) is 25.7 Å². The van der Waals surface area contributed by atoms with Gasteiger partial charge < -0.3 is 19.9 Å². The molecule has 2 rings (SSSR count). The number of carbonyl (C=O) groups excluding carboxylic acids is 1. The van der Waals surface area contributed by atoms with Crippen LogP contribution in [0.25, 0.3) is 0 Å². The Morgan fingerprint density at radius 2 is 1.83 bits per heavy atom. The van der Waals surface area contributed by atoms with Crippen LogP contribution in [0.15, 0.2) is 12.1 Å². The Morgan fingerprint density at radius 3 is 2.43 bits per heavy atom. The molecule has 0 radical (unpaired) electrons. The second-order valence-electron chi connectivity index (χ2n) is 5.57. The molecule has 2 unspecified atom stereocenters. The van der Waals surface area contributed by atoms with Crippen LogP contribution < -0.4 is 14.8 Å². The fourth-order valence-electron chi connectivity index (χ4n) is 2.85. The molecule has 7 heteroatoms. The average Bonchev–Trinajstić information content (AvgIpc) is 2.55. The molecule has 1 aromatic rings. The van der Waals surface area contributed by atoms with Gasteiger partial charge in [0.25, 0.3) is 0 Å². The van der Waals surface area contributed by atoms with Crippen molar-refractivity contribution in [3.63, 3.8) is 0 Å². The largest absolute Gasteiger partial charge is 0.495 e. The Morgan fingerprint density at radius 1 is 1.17 bits per heavy atom. The van der Waals surface area contributed by atoms with Gasteiger partial charge in [0.1, 0.15) is 11.5 Å². The SMILES string of the molecule is COc1cc(NC(=O)C2CCCC(C(=O)O)C2)c(OC)cc1Cl. The van der Waals surface area contributed by atoms with E-state index in [1.54, 1.807) is 12.1 Å². The van der Waals surface area contributed by atoms with Gasteiger partial charge in [-0.3, -0.25) is 9.59 Å². The van der Waals surface area contributed by atoms with Crippen LogP contribution >= 0.6 is 11.6 Å². The number of amides is 1. The molecule has 1 aliphatic rings. The third-order valence-electron chi connectivity index (χ3n) is 4.13. The minimum atomic E-state index is -0.840. The van der Waals surface area contributed by atoms with E-state index in [0.29, 0.717) is 41.5 Å². The number of anilines is 1. The molecule has 126 valence electrons. The van der Waals surface area contributed by atoms with Crippen molar-refractivity contribution < 1.29 is 24.2 Å². The first-order valence-electron chi connectivity index (χ1n) is 7.41. The molecule has 0 saturated heterocycles. The first-order chi connectivity index (χ1) is 11.0. The fraction of sp³-hybridized carbons (Fsp3) is 0.500. The third kappa shape index (κ3) is 4.07. The Bertz CT molecular complexity index is 604. The van der Waals surface area contributed by atoms with Crippen LogP contribution in [0, 0.1) is 11.8 Å². The lowest BCUT2D eigenvalue weighted by atomic mass is 9.81. The minimum absolute atomic E-state index is 0.210. The second kappa shape index (κ2) is 7.55. The lowest BCUT2D eigenvalue weighted by Crippen LogP contribution is -2.31. The molecule has 0 aliphatic heterocycles. The lowest BCUT2D eigenvalue weighted by molar-refractivity contribution is -0.143. The van der Waals surface area contributed by atoms with Crippen molar-refractivity contribution in [2.75, 3.05) is 19.5 Å². The maximum atomic E-state index is 12.5. The van der Waals surface area contributed by atoms with Gasteiger partial charge in [-0.25, -0.2) is 0 Å². The number of ether oxygens (including phenoxy) is 2. The number of benzene rings is 1. The predicted octanol–water partition coefficient (Wildman–Crippen LogP) is 3.19. The van der Waals surface area contributed by atoms with Gasteiger partial charge in [-0.2, -0.15) is 0 Å². The number of methoxy groups -OCH3 is 2. The molecule has 0 aromatic heterocycles. The Hall–Kier alpha value is -1.95. The molecule has 1 aliphatic carbocycles. The zero-order valence-corrected chi connectivity index (χ0v) is 13.9. The molecule has 1 aromatic carbocycles. The van der Waals surface area contributed by atoms with Gasteiger partial charge in [0.2, 0.25) is 5.91 Å². The number of hydrogen-bond donors (Lipinski definition) is 2. The summed E-state index contributed by atoms with van der Waals surface area (Å²) in [6.45, 7) is 0. The number of aliphatic carboxylic acids is 1. The van der Waals surface area contributed by atoms with Crippen LogP contribution in [0.4, 0.5) is 5.69 Å². The lowest BCUT2D eigenvalue weighted by Gasteiger charge is -2.26. The summed E-state index contributed by atoms with van der Waals surface area (Å²) in [7, 11) is 2.97. The van der Waals surface area contributed by atoms with E-state index in [1.807, 2.05) is 0 Å². The molecule has 0 heterocycles. The van der Waals surface area contributed by atoms with E-state index >= 15 is 0 Å². The van der Waals surface area contributed by atoms with Crippen molar-refractivity contribution in [3.05, 3.63) is 17.2 Å². The first-order valence-corrected chi connectivity index (χ1v) is 7.79. The van der Waals surface area contributed by atoms with Crippen LogP contribution in [0.1, 0.15) is 25.7 Å². The molecule has 0 spiro atoms. The number of nitrogens with one attached hydrogen (secondary N) is 1. The average molecular weight is 342 g/mol. The molecule has 23 heavy (non-hydrogen) atoms. The maximum Gasteiger partial charge on any atom is 0.306 e. The summed E-state index contributed by atoms with van der Waals surface area (Å²) < 4.78 is 10.4. The molecule has 1 amide bonds. The van der Waals surface area contributed by atoms with Gasteiger partial charge in [-0.15, -0.1) is 0 Å². The standard InChI is InChI=1S/C16H20ClNO5/c1-22-13-8-12(14(23-2)7-11(13)17)18-15(19)9-4-3-5-10(6-9)16(20)21/h7-10H,3-6H2,1-2H3,(H,18,19)(H,20,21). The topological polar surface area (TPSA) is 84.9 Å². The smallest absolute Gasteiger partial charge is 0.306 e. The molecule has 1 fully saturated rings. The summed E-state index contributed by atoms with van der Waals surface area (Å²) in [6.07, 6.45) is 2.39.